The minimum Gasteiger partial charge on any atom is -0.466 e. The summed E-state index contributed by atoms with van der Waals surface area (Å²) in [4.78, 5) is 25.1. The molecule has 6 N–H and O–H groups in total. The molecule has 0 bridgehead atoms. The van der Waals surface area contributed by atoms with Gasteiger partial charge in [0.25, 0.3) is 0 Å². The quantitative estimate of drug-likeness (QED) is 0.0195. The van der Waals surface area contributed by atoms with Gasteiger partial charge in [-0.05, 0) is 57.8 Å². The van der Waals surface area contributed by atoms with Gasteiger partial charge in [-0.25, -0.2) is 0 Å². The molecule has 1 aliphatic rings. The molecular formula is C75H143NO10. The van der Waals surface area contributed by atoms with E-state index in [0.29, 0.717) is 19.4 Å². The first-order valence-corrected chi connectivity index (χ1v) is 37.6. The fourth-order valence-corrected chi connectivity index (χ4v) is 12.1. The summed E-state index contributed by atoms with van der Waals surface area (Å²) in [6.07, 6.45) is 71.9. The summed E-state index contributed by atoms with van der Waals surface area (Å²) in [5.41, 5.74) is 0. The van der Waals surface area contributed by atoms with Crippen LogP contribution in [0.5, 0.6) is 0 Å². The third-order valence-corrected chi connectivity index (χ3v) is 18.1. The summed E-state index contributed by atoms with van der Waals surface area (Å²) in [7, 11) is 0. The number of esters is 1. The summed E-state index contributed by atoms with van der Waals surface area (Å²) < 4.78 is 16.7. The molecule has 0 spiro atoms. The smallest absolute Gasteiger partial charge is 0.305 e. The van der Waals surface area contributed by atoms with E-state index in [1.165, 1.54) is 302 Å². The molecule has 1 amide bonds. The molecule has 11 nitrogen and oxygen atoms in total. The van der Waals surface area contributed by atoms with Crippen molar-refractivity contribution in [2.45, 2.75) is 423 Å². The van der Waals surface area contributed by atoms with Gasteiger partial charge in [0.1, 0.15) is 24.4 Å². The van der Waals surface area contributed by atoms with Gasteiger partial charge in [0.15, 0.2) is 6.29 Å². The molecule has 1 fully saturated rings. The second-order valence-electron chi connectivity index (χ2n) is 26.4. The molecule has 0 aromatic heterocycles. The third-order valence-electron chi connectivity index (χ3n) is 18.1. The van der Waals surface area contributed by atoms with Crippen LogP contribution in [0.25, 0.3) is 0 Å². The van der Waals surface area contributed by atoms with Crippen LogP contribution in [0.2, 0.25) is 0 Å². The van der Waals surface area contributed by atoms with Crippen LogP contribution in [-0.2, 0) is 23.8 Å². The predicted molar refractivity (Wildman–Crippen MR) is 361 cm³/mol. The van der Waals surface area contributed by atoms with E-state index in [1.807, 2.05) is 6.08 Å². The van der Waals surface area contributed by atoms with Crippen LogP contribution in [0.1, 0.15) is 380 Å². The van der Waals surface area contributed by atoms with Gasteiger partial charge in [-0.2, -0.15) is 0 Å². The van der Waals surface area contributed by atoms with Crippen molar-refractivity contribution in [1.29, 1.82) is 0 Å². The standard InChI is InChI=1S/C75H143NO10/c1-3-5-7-9-11-13-15-42-45-49-53-57-61-68(78)67(66-85-75-74(83)73(82)72(81)69(65-77)86-75)76-70(79)62-58-54-50-46-43-39-37-35-33-31-29-27-25-23-21-19-17-16-18-20-22-24-26-28-30-32-34-36-38-40-44-48-52-56-60-64-84-71(80)63-59-55-51-47-41-14-12-10-8-6-4-2/h18,20,57,61,67-69,72-75,77-78,81-83H,3-17,19,21-56,58-60,62-66H2,1-2H3,(H,76,79)/b20-18-,61-57+. The molecule has 86 heavy (non-hydrogen) atoms. The van der Waals surface area contributed by atoms with Gasteiger partial charge in [-0.1, -0.05) is 334 Å². The van der Waals surface area contributed by atoms with E-state index in [9.17, 15) is 35.1 Å². The average molecular weight is 1220 g/mol. The van der Waals surface area contributed by atoms with E-state index in [-0.39, 0.29) is 18.5 Å². The zero-order valence-corrected chi connectivity index (χ0v) is 56.6. The number of hydrogen-bond donors (Lipinski definition) is 6. The number of allylic oxidation sites excluding steroid dienone is 3. The molecule has 0 aromatic carbocycles. The van der Waals surface area contributed by atoms with E-state index in [2.05, 4.69) is 31.3 Å². The number of carbonyl (C=O) groups excluding carboxylic acids is 2. The summed E-state index contributed by atoms with van der Waals surface area (Å²) in [5.74, 6) is -0.162. The van der Waals surface area contributed by atoms with E-state index in [1.54, 1.807) is 6.08 Å². The van der Waals surface area contributed by atoms with Crippen molar-refractivity contribution in [1.82, 2.24) is 5.32 Å². The highest BCUT2D eigenvalue weighted by atomic mass is 16.7. The monoisotopic (exact) mass is 1220 g/mol. The molecule has 508 valence electrons. The first-order chi connectivity index (χ1) is 42.2. The molecule has 0 saturated carbocycles. The maximum atomic E-state index is 13.1. The molecule has 11 heteroatoms. The van der Waals surface area contributed by atoms with Crippen molar-refractivity contribution in [3.8, 4) is 0 Å². The van der Waals surface area contributed by atoms with Gasteiger partial charge < -0.3 is 45.1 Å². The van der Waals surface area contributed by atoms with Gasteiger partial charge in [0.2, 0.25) is 5.91 Å². The minimum absolute atomic E-state index is 0.0138. The fourth-order valence-electron chi connectivity index (χ4n) is 12.1. The van der Waals surface area contributed by atoms with Crippen molar-refractivity contribution < 1.29 is 49.3 Å². The maximum absolute atomic E-state index is 13.1. The van der Waals surface area contributed by atoms with E-state index >= 15 is 0 Å². The number of aliphatic hydroxyl groups is 5. The highest BCUT2D eigenvalue weighted by Crippen LogP contribution is 2.24. The SMILES string of the molecule is CCCCCCCCCCCC/C=C/C(O)C(COC1OC(CO)C(O)C(O)C1O)NC(=O)CCCCCCCCCCCCCCCCCCC/C=C\CCCCCCCCCCCCCCCCOC(=O)CCCCCCCCCCCCC. The number of unbranched alkanes of at least 4 members (excludes halogenated alkanes) is 51. The van der Waals surface area contributed by atoms with Gasteiger partial charge >= 0.3 is 5.97 Å². The van der Waals surface area contributed by atoms with Crippen LogP contribution in [0.4, 0.5) is 0 Å². The van der Waals surface area contributed by atoms with E-state index < -0.39 is 49.5 Å². The summed E-state index contributed by atoms with van der Waals surface area (Å²) >= 11 is 0. The number of rotatable bonds is 67. The van der Waals surface area contributed by atoms with Crippen LogP contribution in [0, 0.1) is 0 Å². The Labute approximate surface area is 531 Å². The summed E-state index contributed by atoms with van der Waals surface area (Å²) in [5, 5.41) is 54.5. The molecule has 1 aliphatic heterocycles. The molecule has 1 saturated heterocycles. The number of carbonyl (C=O) groups is 2. The van der Waals surface area contributed by atoms with Crippen LogP contribution in [-0.4, -0.2) is 100 Å². The Hall–Kier alpha value is -1.86. The Bertz CT molecular complexity index is 1480. The molecule has 0 aromatic rings. The van der Waals surface area contributed by atoms with E-state index in [4.69, 9.17) is 14.2 Å². The summed E-state index contributed by atoms with van der Waals surface area (Å²) in [6.45, 7) is 4.38. The summed E-state index contributed by atoms with van der Waals surface area (Å²) in [6, 6.07) is -0.806. The van der Waals surface area contributed by atoms with Crippen LogP contribution < -0.4 is 5.32 Å². The van der Waals surface area contributed by atoms with E-state index in [0.717, 1.165) is 51.4 Å². The molecule has 0 radical (unpaired) electrons. The van der Waals surface area contributed by atoms with Crippen LogP contribution in [0.3, 0.4) is 0 Å². The molecule has 7 atom stereocenters. The Kier molecular flexibility index (Phi) is 61.8. The van der Waals surface area contributed by atoms with Crippen LogP contribution in [0.15, 0.2) is 24.3 Å². The van der Waals surface area contributed by atoms with Crippen molar-refractivity contribution in [2.24, 2.45) is 0 Å². The zero-order chi connectivity index (χ0) is 62.3. The molecule has 0 aliphatic carbocycles. The fraction of sp³-hybridized carbons (Fsp3) is 0.920. The third kappa shape index (κ3) is 52.9. The lowest BCUT2D eigenvalue weighted by Gasteiger charge is -2.40. The maximum Gasteiger partial charge on any atom is 0.305 e. The minimum atomic E-state index is -1.57. The Morgan fingerprint density at radius 3 is 1.12 bits per heavy atom. The number of nitrogens with one attached hydrogen (secondary N) is 1. The average Bonchev–Trinajstić information content (AvgIpc) is 3.61. The second kappa shape index (κ2) is 64.7. The Morgan fingerprint density at radius 2 is 0.744 bits per heavy atom. The number of amides is 1. The van der Waals surface area contributed by atoms with Gasteiger partial charge in [0, 0.05) is 12.8 Å². The van der Waals surface area contributed by atoms with Gasteiger partial charge in [0.05, 0.1) is 32.0 Å². The molecule has 7 unspecified atom stereocenters. The second-order valence-corrected chi connectivity index (χ2v) is 26.4. The van der Waals surface area contributed by atoms with Gasteiger partial charge in [-0.3, -0.25) is 9.59 Å². The largest absolute Gasteiger partial charge is 0.466 e. The van der Waals surface area contributed by atoms with Gasteiger partial charge in [-0.15, -0.1) is 0 Å². The highest BCUT2D eigenvalue weighted by molar-refractivity contribution is 5.76. The molecule has 1 heterocycles. The topological polar surface area (TPSA) is 175 Å². The number of hydrogen-bond acceptors (Lipinski definition) is 10. The lowest BCUT2D eigenvalue weighted by atomic mass is 9.99. The molecule has 1 rings (SSSR count). The lowest BCUT2D eigenvalue weighted by Crippen LogP contribution is -2.60. The first kappa shape index (κ1) is 82.2. The highest BCUT2D eigenvalue weighted by Gasteiger charge is 2.44. The predicted octanol–water partition coefficient (Wildman–Crippen LogP) is 19.6. The van der Waals surface area contributed by atoms with Crippen molar-refractivity contribution in [3.63, 3.8) is 0 Å². The van der Waals surface area contributed by atoms with Crippen molar-refractivity contribution in [2.75, 3.05) is 19.8 Å². The first-order valence-electron chi connectivity index (χ1n) is 37.6. The normalized spacial score (nSPS) is 18.0. The van der Waals surface area contributed by atoms with Crippen molar-refractivity contribution in [3.05, 3.63) is 24.3 Å². The number of ether oxygens (including phenoxy) is 3. The Morgan fingerprint density at radius 1 is 0.419 bits per heavy atom. The van der Waals surface area contributed by atoms with Crippen molar-refractivity contribution >= 4 is 11.9 Å². The Balaban J connectivity index is 1.92. The number of aliphatic hydroxyl groups excluding tert-OH is 5. The van der Waals surface area contributed by atoms with Crippen LogP contribution >= 0.6 is 0 Å². The molecular weight excluding hydrogens is 1070 g/mol. The zero-order valence-electron chi connectivity index (χ0n) is 56.6. The lowest BCUT2D eigenvalue weighted by molar-refractivity contribution is -0.302.